The molecule has 2 heteroatoms. The van der Waals surface area contributed by atoms with Crippen LogP contribution in [0, 0.1) is 5.41 Å². The van der Waals surface area contributed by atoms with Gasteiger partial charge < -0.3 is 10.2 Å². The molecule has 1 aromatic carbocycles. The Kier molecular flexibility index (Phi) is 3.20. The number of hydrogen-bond acceptors (Lipinski definition) is 2. The van der Waals surface area contributed by atoms with Crippen molar-refractivity contribution in [2.75, 3.05) is 24.5 Å². The molecule has 1 aliphatic rings. The molecular formula is C14H22N2. The molecule has 1 fully saturated rings. The summed E-state index contributed by atoms with van der Waals surface area (Å²) in [6.07, 6.45) is 0. The zero-order valence-electron chi connectivity index (χ0n) is 10.6. The van der Waals surface area contributed by atoms with E-state index < -0.39 is 0 Å². The van der Waals surface area contributed by atoms with E-state index in [0.717, 1.165) is 13.1 Å². The Morgan fingerprint density at radius 3 is 2.31 bits per heavy atom. The highest BCUT2D eigenvalue weighted by atomic mass is 15.2. The second-order valence-corrected chi connectivity index (χ2v) is 5.47. The summed E-state index contributed by atoms with van der Waals surface area (Å²) in [5, 5.41) is 3.34. The Hall–Kier alpha value is -1.02. The first-order valence-electron chi connectivity index (χ1n) is 6.15. The van der Waals surface area contributed by atoms with E-state index in [-0.39, 0.29) is 0 Å². The fraction of sp³-hybridized carbons (Fsp3) is 0.571. The molecule has 0 saturated carbocycles. The van der Waals surface area contributed by atoms with E-state index in [0.29, 0.717) is 5.41 Å². The van der Waals surface area contributed by atoms with Crippen LogP contribution in [0.3, 0.4) is 0 Å². The highest BCUT2D eigenvalue weighted by Crippen LogP contribution is 2.33. The van der Waals surface area contributed by atoms with E-state index in [1.165, 1.54) is 24.3 Å². The second kappa shape index (κ2) is 4.46. The highest BCUT2D eigenvalue weighted by Gasteiger charge is 2.33. The van der Waals surface area contributed by atoms with Crippen LogP contribution < -0.4 is 10.2 Å². The topological polar surface area (TPSA) is 15.3 Å². The molecule has 1 N–H and O–H groups in total. The van der Waals surface area contributed by atoms with E-state index in [1.54, 1.807) is 0 Å². The summed E-state index contributed by atoms with van der Waals surface area (Å²) in [7, 11) is 0. The normalized spacial score (nSPS) is 18.3. The quantitative estimate of drug-likeness (QED) is 0.836. The molecule has 16 heavy (non-hydrogen) atoms. The van der Waals surface area contributed by atoms with Crippen molar-refractivity contribution in [1.29, 1.82) is 0 Å². The van der Waals surface area contributed by atoms with Crippen molar-refractivity contribution in [2.45, 2.75) is 27.3 Å². The molecule has 0 aromatic heterocycles. The minimum absolute atomic E-state index is 0.502. The molecule has 0 radical (unpaired) electrons. The summed E-state index contributed by atoms with van der Waals surface area (Å²) >= 11 is 0. The van der Waals surface area contributed by atoms with Gasteiger partial charge in [-0.05, 0) is 29.7 Å². The Balaban J connectivity index is 1.93. The number of nitrogens with one attached hydrogen (secondary N) is 1. The van der Waals surface area contributed by atoms with Gasteiger partial charge in [-0.25, -0.2) is 0 Å². The van der Waals surface area contributed by atoms with Gasteiger partial charge >= 0.3 is 0 Å². The van der Waals surface area contributed by atoms with Gasteiger partial charge in [0.25, 0.3) is 0 Å². The molecule has 0 bridgehead atoms. The molecule has 0 atom stereocenters. The Labute approximate surface area is 98.7 Å². The highest BCUT2D eigenvalue weighted by molar-refractivity contribution is 5.50. The molecule has 1 heterocycles. The van der Waals surface area contributed by atoms with Crippen molar-refractivity contribution in [2.24, 2.45) is 5.41 Å². The van der Waals surface area contributed by atoms with Crippen molar-refractivity contribution in [3.63, 3.8) is 0 Å². The number of benzene rings is 1. The third-order valence-electron chi connectivity index (χ3n) is 3.12. The third kappa shape index (κ3) is 2.56. The van der Waals surface area contributed by atoms with Gasteiger partial charge in [-0.3, -0.25) is 0 Å². The average Bonchev–Trinajstić information content (AvgIpc) is 2.24. The van der Waals surface area contributed by atoms with Gasteiger partial charge in [-0.1, -0.05) is 32.9 Å². The smallest absolute Gasteiger partial charge is 0.0366 e. The largest absolute Gasteiger partial charge is 0.370 e. The molecule has 1 aromatic rings. The fourth-order valence-corrected chi connectivity index (χ4v) is 2.26. The lowest BCUT2D eigenvalue weighted by atomic mass is 9.84. The van der Waals surface area contributed by atoms with Crippen LogP contribution in [0.15, 0.2) is 24.3 Å². The van der Waals surface area contributed by atoms with E-state index in [2.05, 4.69) is 55.3 Å². The summed E-state index contributed by atoms with van der Waals surface area (Å²) in [5.41, 5.74) is 3.23. The zero-order valence-corrected chi connectivity index (χ0v) is 10.6. The average molecular weight is 218 g/mol. The van der Waals surface area contributed by atoms with Gasteiger partial charge in [0, 0.05) is 25.3 Å². The molecule has 1 aliphatic heterocycles. The second-order valence-electron chi connectivity index (χ2n) is 5.47. The number of nitrogens with zero attached hydrogens (tertiary/aromatic N) is 1. The minimum Gasteiger partial charge on any atom is -0.370 e. The third-order valence-corrected chi connectivity index (χ3v) is 3.12. The first-order chi connectivity index (χ1) is 7.61. The lowest BCUT2D eigenvalue weighted by molar-refractivity contribution is 0.276. The molecule has 2 rings (SSSR count). The summed E-state index contributed by atoms with van der Waals surface area (Å²) in [5.74, 6) is 0. The van der Waals surface area contributed by atoms with Crippen LogP contribution >= 0.6 is 0 Å². The summed E-state index contributed by atoms with van der Waals surface area (Å²) in [6, 6.07) is 8.93. The van der Waals surface area contributed by atoms with Crippen LogP contribution in [0.5, 0.6) is 0 Å². The van der Waals surface area contributed by atoms with Gasteiger partial charge in [-0.15, -0.1) is 0 Å². The number of hydrogen-bond donors (Lipinski definition) is 1. The minimum atomic E-state index is 0.502. The van der Waals surface area contributed by atoms with Crippen LogP contribution in [0.25, 0.3) is 0 Å². The van der Waals surface area contributed by atoms with E-state index in [4.69, 9.17) is 0 Å². The zero-order chi connectivity index (χ0) is 11.6. The van der Waals surface area contributed by atoms with Crippen molar-refractivity contribution < 1.29 is 0 Å². The van der Waals surface area contributed by atoms with Crippen molar-refractivity contribution in [3.8, 4) is 0 Å². The number of anilines is 1. The number of rotatable bonds is 4. The summed E-state index contributed by atoms with van der Waals surface area (Å²) < 4.78 is 0. The van der Waals surface area contributed by atoms with Crippen LogP contribution in [-0.4, -0.2) is 19.6 Å². The van der Waals surface area contributed by atoms with Gasteiger partial charge in [-0.2, -0.15) is 0 Å². The van der Waals surface area contributed by atoms with Crippen molar-refractivity contribution >= 4 is 5.69 Å². The van der Waals surface area contributed by atoms with E-state index >= 15 is 0 Å². The Morgan fingerprint density at radius 2 is 1.81 bits per heavy atom. The predicted molar refractivity (Wildman–Crippen MR) is 69.8 cm³/mol. The maximum Gasteiger partial charge on any atom is 0.0366 e. The first-order valence-corrected chi connectivity index (χ1v) is 6.15. The predicted octanol–water partition coefficient (Wildman–Crippen LogP) is 2.64. The molecule has 0 aliphatic carbocycles. The SMILES string of the molecule is CCNCc1ccc(N2CC(C)(C)C2)cc1. The monoisotopic (exact) mass is 218 g/mol. The molecule has 1 saturated heterocycles. The molecule has 2 nitrogen and oxygen atoms in total. The maximum absolute atomic E-state index is 3.34. The molecule has 0 amide bonds. The van der Waals surface area contributed by atoms with Gasteiger partial charge in [0.1, 0.15) is 0 Å². The molecule has 88 valence electrons. The summed E-state index contributed by atoms with van der Waals surface area (Å²) in [6.45, 7) is 11.1. The Bertz CT molecular complexity index is 332. The molecular weight excluding hydrogens is 196 g/mol. The van der Waals surface area contributed by atoms with Gasteiger partial charge in [0.2, 0.25) is 0 Å². The summed E-state index contributed by atoms with van der Waals surface area (Å²) in [4.78, 5) is 2.44. The molecule has 0 spiro atoms. The lowest BCUT2D eigenvalue weighted by Crippen LogP contribution is -2.53. The van der Waals surface area contributed by atoms with Crippen LogP contribution in [0.4, 0.5) is 5.69 Å². The first kappa shape index (κ1) is 11.5. The van der Waals surface area contributed by atoms with Crippen molar-refractivity contribution in [3.05, 3.63) is 29.8 Å². The fourth-order valence-electron chi connectivity index (χ4n) is 2.26. The Morgan fingerprint density at radius 1 is 1.19 bits per heavy atom. The maximum atomic E-state index is 3.34. The van der Waals surface area contributed by atoms with Crippen LogP contribution in [-0.2, 0) is 6.54 Å². The van der Waals surface area contributed by atoms with Crippen LogP contribution in [0.2, 0.25) is 0 Å². The lowest BCUT2D eigenvalue weighted by Gasteiger charge is -2.47. The van der Waals surface area contributed by atoms with Gasteiger partial charge in [0.05, 0.1) is 0 Å². The van der Waals surface area contributed by atoms with E-state index in [1.807, 2.05) is 0 Å². The van der Waals surface area contributed by atoms with Crippen LogP contribution in [0.1, 0.15) is 26.3 Å². The van der Waals surface area contributed by atoms with Crippen molar-refractivity contribution in [1.82, 2.24) is 5.32 Å². The molecule has 0 unspecified atom stereocenters. The van der Waals surface area contributed by atoms with E-state index in [9.17, 15) is 0 Å². The van der Waals surface area contributed by atoms with Gasteiger partial charge in [0.15, 0.2) is 0 Å². The standard InChI is InChI=1S/C14H22N2/c1-4-15-9-12-5-7-13(8-6-12)16-10-14(2,3)11-16/h5-8,15H,4,9-11H2,1-3H3.